The Morgan fingerprint density at radius 3 is 2.41 bits per heavy atom. The fourth-order valence-electron chi connectivity index (χ4n) is 3.50. The Morgan fingerprint density at radius 1 is 1.00 bits per heavy atom. The summed E-state index contributed by atoms with van der Waals surface area (Å²) in [6.45, 7) is 3.86. The van der Waals surface area contributed by atoms with Crippen LogP contribution in [0.5, 0.6) is 11.6 Å². The number of hydrogen-bond acceptors (Lipinski definition) is 6. The highest BCUT2D eigenvalue weighted by atomic mass is 32.2. The van der Waals surface area contributed by atoms with E-state index < -0.39 is 5.76 Å². The molecule has 0 radical (unpaired) electrons. The summed E-state index contributed by atoms with van der Waals surface area (Å²) < 4.78 is 31.6. The lowest BCUT2D eigenvalue weighted by Crippen LogP contribution is -2.49. The molecule has 1 saturated heterocycles. The Morgan fingerprint density at radius 2 is 1.69 bits per heavy atom. The molecule has 0 spiro atoms. The van der Waals surface area contributed by atoms with Gasteiger partial charge in [-0.25, -0.2) is 4.98 Å². The monoisotopic (exact) mass is 456 g/mol. The van der Waals surface area contributed by atoms with Gasteiger partial charge in [-0.2, -0.15) is 13.8 Å². The van der Waals surface area contributed by atoms with E-state index in [-0.39, 0.29) is 5.91 Å². The van der Waals surface area contributed by atoms with Gasteiger partial charge in [0.1, 0.15) is 17.4 Å². The molecule has 9 heteroatoms. The van der Waals surface area contributed by atoms with Crippen molar-refractivity contribution in [2.45, 2.75) is 17.6 Å². The number of ether oxygens (including phenoxy) is 1. The zero-order valence-corrected chi connectivity index (χ0v) is 18.3. The molecule has 1 fully saturated rings. The summed E-state index contributed by atoms with van der Waals surface area (Å²) in [6, 6.07) is 17.7. The number of para-hydroxylation sites is 1. The molecule has 4 rings (SSSR count). The van der Waals surface area contributed by atoms with Gasteiger partial charge >= 0.3 is 0 Å². The van der Waals surface area contributed by atoms with Gasteiger partial charge in [0.15, 0.2) is 0 Å². The van der Waals surface area contributed by atoms with Crippen molar-refractivity contribution < 1.29 is 18.3 Å². The number of aromatic nitrogens is 2. The van der Waals surface area contributed by atoms with Crippen LogP contribution >= 0.6 is 11.8 Å². The number of amides is 1. The molecule has 0 aliphatic carbocycles. The van der Waals surface area contributed by atoms with Crippen molar-refractivity contribution in [3.05, 3.63) is 72.1 Å². The summed E-state index contributed by atoms with van der Waals surface area (Å²) in [5, 5.41) is 0. The summed E-state index contributed by atoms with van der Waals surface area (Å²) in [5.41, 5.74) is 0.308. The Labute approximate surface area is 189 Å². The zero-order valence-electron chi connectivity index (χ0n) is 17.4. The zero-order chi connectivity index (χ0) is 22.5. The van der Waals surface area contributed by atoms with E-state index in [1.54, 1.807) is 42.2 Å². The third kappa shape index (κ3) is 5.34. The fraction of sp³-hybridized carbons (Fsp3) is 0.261. The van der Waals surface area contributed by atoms with E-state index in [1.165, 1.54) is 0 Å². The summed E-state index contributed by atoms with van der Waals surface area (Å²) in [7, 11) is 0. The number of piperazine rings is 1. The molecule has 0 unspecified atom stereocenters. The number of carbonyl (C=O) groups excluding carboxylic acids is 1. The average molecular weight is 457 g/mol. The molecule has 3 aromatic rings. The number of hydrogen-bond donors (Lipinski definition) is 0. The molecular weight excluding hydrogens is 434 g/mol. The number of rotatable bonds is 6. The van der Waals surface area contributed by atoms with Crippen molar-refractivity contribution >= 4 is 23.5 Å². The van der Waals surface area contributed by atoms with E-state index in [0.29, 0.717) is 65.9 Å². The standard InChI is InChI=1S/C23H22F2N4O2S/c1-16-26-20(15-21(27-16)31-17-7-3-2-4-8-17)28-11-13-29(14-12-28)22(30)18-9-5-6-10-19(18)32-23(24)25/h2-10,15,23H,11-14H2,1H3. The van der Waals surface area contributed by atoms with Crippen LogP contribution in [0.3, 0.4) is 0 Å². The average Bonchev–Trinajstić information content (AvgIpc) is 2.79. The minimum absolute atomic E-state index is 0.236. The number of alkyl halides is 2. The number of thioether (sulfide) groups is 1. The van der Waals surface area contributed by atoms with Crippen molar-refractivity contribution in [1.29, 1.82) is 0 Å². The van der Waals surface area contributed by atoms with Crippen LogP contribution in [-0.4, -0.2) is 52.7 Å². The Kier molecular flexibility index (Phi) is 6.84. The summed E-state index contributed by atoms with van der Waals surface area (Å²) >= 11 is 0.397. The lowest BCUT2D eigenvalue weighted by Gasteiger charge is -2.35. The molecule has 2 heterocycles. The molecule has 1 aliphatic heterocycles. The Balaban J connectivity index is 1.43. The second-order valence-corrected chi connectivity index (χ2v) is 8.21. The molecule has 1 aliphatic rings. The van der Waals surface area contributed by atoms with E-state index in [0.717, 1.165) is 5.82 Å². The molecule has 166 valence electrons. The van der Waals surface area contributed by atoms with Crippen LogP contribution in [0.15, 0.2) is 65.6 Å². The van der Waals surface area contributed by atoms with E-state index in [9.17, 15) is 13.6 Å². The smallest absolute Gasteiger partial charge is 0.288 e. The van der Waals surface area contributed by atoms with Gasteiger partial charge in [-0.05, 0) is 31.2 Å². The number of nitrogens with zero attached hydrogens (tertiary/aromatic N) is 4. The molecule has 1 amide bonds. The SMILES string of the molecule is Cc1nc(Oc2ccccc2)cc(N2CCN(C(=O)c3ccccc3SC(F)F)CC2)n1. The quantitative estimate of drug-likeness (QED) is 0.494. The van der Waals surface area contributed by atoms with E-state index in [1.807, 2.05) is 30.3 Å². The third-order valence-corrected chi connectivity index (χ3v) is 5.78. The summed E-state index contributed by atoms with van der Waals surface area (Å²) in [4.78, 5) is 25.9. The first-order chi connectivity index (χ1) is 15.5. The van der Waals surface area contributed by atoms with E-state index >= 15 is 0 Å². The first-order valence-corrected chi connectivity index (χ1v) is 11.0. The minimum Gasteiger partial charge on any atom is -0.439 e. The van der Waals surface area contributed by atoms with Crippen molar-refractivity contribution in [2.75, 3.05) is 31.1 Å². The van der Waals surface area contributed by atoms with Gasteiger partial charge < -0.3 is 14.5 Å². The normalized spacial score (nSPS) is 14.0. The lowest BCUT2D eigenvalue weighted by atomic mass is 10.2. The van der Waals surface area contributed by atoms with Crippen LogP contribution < -0.4 is 9.64 Å². The molecule has 0 bridgehead atoms. The fourth-order valence-corrected chi connectivity index (χ4v) is 4.13. The van der Waals surface area contributed by atoms with E-state index in [2.05, 4.69) is 14.9 Å². The molecule has 0 N–H and O–H groups in total. The third-order valence-electron chi connectivity index (χ3n) is 4.99. The highest BCUT2D eigenvalue weighted by Gasteiger charge is 2.25. The van der Waals surface area contributed by atoms with Crippen molar-refractivity contribution in [3.8, 4) is 11.6 Å². The van der Waals surface area contributed by atoms with Crippen LogP contribution in [0.1, 0.15) is 16.2 Å². The molecule has 6 nitrogen and oxygen atoms in total. The minimum atomic E-state index is -2.57. The lowest BCUT2D eigenvalue weighted by molar-refractivity contribution is 0.0743. The maximum atomic E-state index is 13.0. The maximum absolute atomic E-state index is 13.0. The van der Waals surface area contributed by atoms with Gasteiger partial charge in [0.25, 0.3) is 11.7 Å². The number of aryl methyl sites for hydroxylation is 1. The predicted molar refractivity (Wildman–Crippen MR) is 120 cm³/mol. The van der Waals surface area contributed by atoms with Crippen LogP contribution in [0, 0.1) is 6.92 Å². The molecule has 32 heavy (non-hydrogen) atoms. The highest BCUT2D eigenvalue weighted by molar-refractivity contribution is 7.99. The number of halogens is 2. The van der Waals surface area contributed by atoms with Crippen molar-refractivity contribution in [3.63, 3.8) is 0 Å². The van der Waals surface area contributed by atoms with Crippen LogP contribution in [0.25, 0.3) is 0 Å². The van der Waals surface area contributed by atoms with Gasteiger partial charge in [-0.3, -0.25) is 4.79 Å². The largest absolute Gasteiger partial charge is 0.439 e. The molecule has 1 aromatic heterocycles. The molecule has 0 saturated carbocycles. The maximum Gasteiger partial charge on any atom is 0.288 e. The summed E-state index contributed by atoms with van der Waals surface area (Å²) in [6.07, 6.45) is 0. The van der Waals surface area contributed by atoms with E-state index in [4.69, 9.17) is 4.74 Å². The topological polar surface area (TPSA) is 58.6 Å². The second-order valence-electron chi connectivity index (χ2n) is 7.18. The highest BCUT2D eigenvalue weighted by Crippen LogP contribution is 2.30. The predicted octanol–water partition coefficient (Wildman–Crippen LogP) is 4.85. The van der Waals surface area contributed by atoms with Gasteiger partial charge in [0.2, 0.25) is 5.88 Å². The molecule has 2 aromatic carbocycles. The Bertz CT molecular complexity index is 1080. The van der Waals surface area contributed by atoms with Crippen LogP contribution in [0.4, 0.5) is 14.6 Å². The number of benzene rings is 2. The van der Waals surface area contributed by atoms with Crippen LogP contribution in [-0.2, 0) is 0 Å². The van der Waals surface area contributed by atoms with Gasteiger partial charge in [-0.1, -0.05) is 42.1 Å². The van der Waals surface area contributed by atoms with Gasteiger partial charge in [0, 0.05) is 37.1 Å². The first-order valence-electron chi connectivity index (χ1n) is 10.2. The molecular formula is C23H22F2N4O2S. The number of carbonyl (C=O) groups is 1. The van der Waals surface area contributed by atoms with Crippen molar-refractivity contribution in [1.82, 2.24) is 14.9 Å². The molecule has 0 atom stereocenters. The van der Waals surface area contributed by atoms with Crippen LogP contribution in [0.2, 0.25) is 0 Å². The first kappa shape index (κ1) is 22.0. The summed E-state index contributed by atoms with van der Waals surface area (Å²) in [5.74, 6) is -0.356. The van der Waals surface area contributed by atoms with Gasteiger partial charge in [0.05, 0.1) is 5.56 Å². The Hall–Kier alpha value is -3.20. The van der Waals surface area contributed by atoms with Crippen molar-refractivity contribution in [2.24, 2.45) is 0 Å². The second kappa shape index (κ2) is 9.95. The van der Waals surface area contributed by atoms with Gasteiger partial charge in [-0.15, -0.1) is 0 Å². The number of anilines is 1.